The minimum atomic E-state index is -1.69. The third kappa shape index (κ3) is 2.99. The molecule has 0 amide bonds. The van der Waals surface area contributed by atoms with E-state index < -0.39 is 8.32 Å². The summed E-state index contributed by atoms with van der Waals surface area (Å²) in [5.74, 6) is 2.07. The van der Waals surface area contributed by atoms with Gasteiger partial charge in [-0.1, -0.05) is 20.8 Å². The number of nitrogens with two attached hydrogens (primary N) is 1. The molecule has 1 aromatic rings. The standard InChI is InChI=1S/C16H28N4OSi/c1-16(2,3)22(4,5)21-12-9-20(10-12)13-8-18-15(11-6-7-11)19-14(13)17/h8,11-12H,6-7,9-10H2,1-5H3,(H2,17,18,19). The number of aromatic nitrogens is 2. The van der Waals surface area contributed by atoms with Gasteiger partial charge in [0.2, 0.25) is 0 Å². The van der Waals surface area contributed by atoms with Gasteiger partial charge in [0.15, 0.2) is 14.1 Å². The number of anilines is 2. The summed E-state index contributed by atoms with van der Waals surface area (Å²) in [7, 11) is -1.69. The molecule has 2 heterocycles. The highest BCUT2D eigenvalue weighted by atomic mass is 28.4. The molecule has 2 N–H and O–H groups in total. The van der Waals surface area contributed by atoms with E-state index in [0.29, 0.717) is 17.8 Å². The largest absolute Gasteiger partial charge is 0.410 e. The topological polar surface area (TPSA) is 64.3 Å². The average Bonchev–Trinajstić information content (AvgIpc) is 3.16. The molecule has 1 aliphatic carbocycles. The minimum Gasteiger partial charge on any atom is -0.410 e. The Hall–Kier alpha value is -1.14. The van der Waals surface area contributed by atoms with E-state index in [0.717, 1.165) is 24.6 Å². The summed E-state index contributed by atoms with van der Waals surface area (Å²) < 4.78 is 6.42. The van der Waals surface area contributed by atoms with E-state index in [4.69, 9.17) is 10.2 Å². The van der Waals surface area contributed by atoms with E-state index in [1.165, 1.54) is 12.8 Å². The van der Waals surface area contributed by atoms with E-state index in [9.17, 15) is 0 Å². The number of hydrogen-bond donors (Lipinski definition) is 1. The molecule has 0 radical (unpaired) electrons. The van der Waals surface area contributed by atoms with Crippen LogP contribution in [0.4, 0.5) is 11.5 Å². The van der Waals surface area contributed by atoms with Crippen LogP contribution in [-0.2, 0) is 4.43 Å². The van der Waals surface area contributed by atoms with E-state index in [2.05, 4.69) is 48.7 Å². The molecule has 0 spiro atoms. The Kier molecular flexibility index (Phi) is 3.72. The summed E-state index contributed by atoms with van der Waals surface area (Å²) >= 11 is 0. The lowest BCUT2D eigenvalue weighted by atomic mass is 10.1. The van der Waals surface area contributed by atoms with Crippen molar-refractivity contribution in [3.05, 3.63) is 12.0 Å². The molecule has 0 atom stereocenters. The summed E-state index contributed by atoms with van der Waals surface area (Å²) in [5, 5.41) is 0.251. The highest BCUT2D eigenvalue weighted by Crippen LogP contribution is 2.40. The molecule has 1 aliphatic heterocycles. The molecule has 122 valence electrons. The number of nitrogens with zero attached hydrogens (tertiary/aromatic N) is 3. The highest BCUT2D eigenvalue weighted by Gasteiger charge is 2.42. The Labute approximate surface area is 134 Å². The third-order valence-electron chi connectivity index (χ3n) is 5.22. The quantitative estimate of drug-likeness (QED) is 0.863. The van der Waals surface area contributed by atoms with Crippen molar-refractivity contribution in [2.45, 2.75) is 63.8 Å². The van der Waals surface area contributed by atoms with Crippen LogP contribution < -0.4 is 10.6 Å². The Bertz CT molecular complexity index is 560. The molecule has 1 saturated heterocycles. The van der Waals surface area contributed by atoms with Crippen LogP contribution >= 0.6 is 0 Å². The molecule has 1 saturated carbocycles. The molecule has 0 unspecified atom stereocenters. The molecule has 0 aromatic carbocycles. The van der Waals surface area contributed by atoms with Gasteiger partial charge in [0.1, 0.15) is 5.82 Å². The Morgan fingerprint density at radius 2 is 1.91 bits per heavy atom. The van der Waals surface area contributed by atoms with Gasteiger partial charge >= 0.3 is 0 Å². The van der Waals surface area contributed by atoms with Crippen LogP contribution in [0.15, 0.2) is 6.20 Å². The average molecular weight is 321 g/mol. The van der Waals surface area contributed by atoms with Gasteiger partial charge in [0, 0.05) is 19.0 Å². The van der Waals surface area contributed by atoms with Crippen molar-refractivity contribution in [2.24, 2.45) is 0 Å². The molecule has 6 heteroatoms. The van der Waals surface area contributed by atoms with Crippen LogP contribution in [0.2, 0.25) is 18.1 Å². The number of rotatable bonds is 4. The second-order valence-corrected chi connectivity index (χ2v) is 12.9. The fraction of sp³-hybridized carbons (Fsp3) is 0.750. The smallest absolute Gasteiger partial charge is 0.192 e. The molecule has 1 aromatic heterocycles. The van der Waals surface area contributed by atoms with Crippen molar-refractivity contribution in [2.75, 3.05) is 23.7 Å². The number of hydrogen-bond acceptors (Lipinski definition) is 5. The van der Waals surface area contributed by atoms with Crippen LogP contribution in [0.1, 0.15) is 45.4 Å². The molecule has 5 nitrogen and oxygen atoms in total. The zero-order valence-electron chi connectivity index (χ0n) is 14.4. The summed E-state index contributed by atoms with van der Waals surface area (Å²) in [4.78, 5) is 11.2. The second-order valence-electron chi connectivity index (χ2n) is 8.18. The summed E-state index contributed by atoms with van der Waals surface area (Å²) in [6.45, 7) is 13.2. The third-order valence-corrected chi connectivity index (χ3v) is 9.75. The lowest BCUT2D eigenvalue weighted by molar-refractivity contribution is 0.149. The summed E-state index contributed by atoms with van der Waals surface area (Å²) in [5.41, 5.74) is 7.07. The Morgan fingerprint density at radius 1 is 1.27 bits per heavy atom. The van der Waals surface area contributed by atoms with Crippen molar-refractivity contribution >= 4 is 19.8 Å². The maximum Gasteiger partial charge on any atom is 0.192 e. The van der Waals surface area contributed by atoms with Crippen molar-refractivity contribution < 1.29 is 4.43 Å². The van der Waals surface area contributed by atoms with Gasteiger partial charge in [-0.2, -0.15) is 0 Å². The van der Waals surface area contributed by atoms with Crippen molar-refractivity contribution in [1.82, 2.24) is 9.97 Å². The summed E-state index contributed by atoms with van der Waals surface area (Å²) in [6.07, 6.45) is 4.59. The van der Waals surface area contributed by atoms with Crippen molar-refractivity contribution in [1.29, 1.82) is 0 Å². The summed E-state index contributed by atoms with van der Waals surface area (Å²) in [6, 6.07) is 0. The minimum absolute atomic E-state index is 0.251. The zero-order chi connectivity index (χ0) is 16.1. The van der Waals surface area contributed by atoms with Gasteiger partial charge in [-0.15, -0.1) is 0 Å². The molecule has 22 heavy (non-hydrogen) atoms. The van der Waals surface area contributed by atoms with E-state index >= 15 is 0 Å². The fourth-order valence-electron chi connectivity index (χ4n) is 2.49. The van der Waals surface area contributed by atoms with Crippen LogP contribution in [0.25, 0.3) is 0 Å². The van der Waals surface area contributed by atoms with Crippen molar-refractivity contribution in [3.63, 3.8) is 0 Å². The fourth-order valence-corrected chi connectivity index (χ4v) is 3.82. The lowest BCUT2D eigenvalue weighted by Gasteiger charge is -2.47. The molecule has 2 fully saturated rings. The predicted octanol–water partition coefficient (Wildman–Crippen LogP) is 3.15. The zero-order valence-corrected chi connectivity index (χ0v) is 15.4. The Morgan fingerprint density at radius 3 is 2.41 bits per heavy atom. The SMILES string of the molecule is CC(C)(C)[Si](C)(C)OC1CN(c2cnc(C3CC3)nc2N)C1. The predicted molar refractivity (Wildman–Crippen MR) is 92.7 cm³/mol. The molecular weight excluding hydrogens is 292 g/mol. The first-order valence-corrected chi connectivity index (χ1v) is 11.1. The van der Waals surface area contributed by atoms with Crippen molar-refractivity contribution in [3.8, 4) is 0 Å². The van der Waals surface area contributed by atoms with Gasteiger partial charge in [-0.3, -0.25) is 0 Å². The highest BCUT2D eigenvalue weighted by molar-refractivity contribution is 6.74. The monoisotopic (exact) mass is 320 g/mol. The van der Waals surface area contributed by atoms with Gasteiger partial charge in [-0.25, -0.2) is 9.97 Å². The molecule has 3 rings (SSSR count). The van der Waals surface area contributed by atoms with Crippen LogP contribution in [0, 0.1) is 0 Å². The molecular formula is C16H28N4OSi. The van der Waals surface area contributed by atoms with E-state index in [1.54, 1.807) is 0 Å². The van der Waals surface area contributed by atoms with Crippen LogP contribution in [-0.4, -0.2) is 37.5 Å². The second kappa shape index (κ2) is 5.20. The van der Waals surface area contributed by atoms with Gasteiger partial charge < -0.3 is 15.1 Å². The maximum absolute atomic E-state index is 6.42. The normalized spacial score (nSPS) is 20.1. The van der Waals surface area contributed by atoms with Gasteiger partial charge in [-0.05, 0) is 31.0 Å². The first-order chi connectivity index (χ1) is 10.2. The Balaban J connectivity index is 1.59. The first kappa shape index (κ1) is 15.7. The van der Waals surface area contributed by atoms with E-state index in [1.807, 2.05) is 6.20 Å². The molecule has 2 aliphatic rings. The van der Waals surface area contributed by atoms with Gasteiger partial charge in [0.05, 0.1) is 18.0 Å². The van der Waals surface area contributed by atoms with Gasteiger partial charge in [0.25, 0.3) is 0 Å². The maximum atomic E-state index is 6.42. The van der Waals surface area contributed by atoms with E-state index in [-0.39, 0.29) is 5.04 Å². The molecule has 0 bridgehead atoms. The number of nitrogen functional groups attached to an aromatic ring is 1. The van der Waals surface area contributed by atoms with Crippen LogP contribution in [0.5, 0.6) is 0 Å². The lowest BCUT2D eigenvalue weighted by Crippen LogP contribution is -2.58. The first-order valence-electron chi connectivity index (χ1n) is 8.22. The van der Waals surface area contributed by atoms with Crippen LogP contribution in [0.3, 0.4) is 0 Å².